The predicted molar refractivity (Wildman–Crippen MR) is 114 cm³/mol. The highest BCUT2D eigenvalue weighted by molar-refractivity contribution is 5.85. The highest BCUT2D eigenvalue weighted by Gasteiger charge is 2.38. The molecule has 0 bridgehead atoms. The summed E-state index contributed by atoms with van der Waals surface area (Å²) in [5, 5.41) is 4.20. The van der Waals surface area contributed by atoms with Crippen LogP contribution in [-0.4, -0.2) is 41.7 Å². The van der Waals surface area contributed by atoms with E-state index in [0.29, 0.717) is 19.6 Å². The molecular formula is C24H25F2N3O. The molecule has 1 saturated heterocycles. The van der Waals surface area contributed by atoms with E-state index in [1.807, 2.05) is 18.2 Å². The lowest BCUT2D eigenvalue weighted by Gasteiger charge is -2.40. The molecule has 0 unspecified atom stereocenters. The van der Waals surface area contributed by atoms with Crippen LogP contribution in [0.15, 0.2) is 49.1 Å². The summed E-state index contributed by atoms with van der Waals surface area (Å²) >= 11 is 0. The van der Waals surface area contributed by atoms with Gasteiger partial charge in [0.2, 0.25) is 0 Å². The number of fused-ring (bicyclic) bond motifs is 3. The zero-order chi connectivity index (χ0) is 20.8. The van der Waals surface area contributed by atoms with Crippen molar-refractivity contribution in [3.63, 3.8) is 0 Å². The van der Waals surface area contributed by atoms with E-state index < -0.39 is 17.7 Å². The molecule has 6 heteroatoms. The number of rotatable bonds is 5. The average Bonchev–Trinajstić information content (AvgIpc) is 3.05. The smallest absolute Gasteiger partial charge is 0.135 e. The largest absolute Gasteiger partial charge is 0.488 e. The van der Waals surface area contributed by atoms with Crippen molar-refractivity contribution in [1.82, 2.24) is 15.2 Å². The maximum absolute atomic E-state index is 15.4. The topological polar surface area (TPSA) is 40.3 Å². The molecular weight excluding hydrogens is 384 g/mol. The lowest BCUT2D eigenvalue weighted by Crippen LogP contribution is -2.50. The first-order chi connectivity index (χ1) is 14.6. The van der Waals surface area contributed by atoms with Crippen molar-refractivity contribution in [3.05, 3.63) is 77.5 Å². The number of aromatic nitrogens is 1. The summed E-state index contributed by atoms with van der Waals surface area (Å²) in [6.07, 6.45) is 2.55. The number of nitrogens with zero attached hydrogens (tertiary/aromatic N) is 1. The van der Waals surface area contributed by atoms with Gasteiger partial charge in [-0.25, -0.2) is 8.78 Å². The van der Waals surface area contributed by atoms with E-state index in [-0.39, 0.29) is 23.5 Å². The maximum Gasteiger partial charge on any atom is 0.135 e. The van der Waals surface area contributed by atoms with Crippen molar-refractivity contribution in [1.29, 1.82) is 0 Å². The zero-order valence-corrected chi connectivity index (χ0v) is 16.9. The molecule has 2 aliphatic heterocycles. The third-order valence-corrected chi connectivity index (χ3v) is 6.23. The normalized spacial score (nSPS) is 22.0. The minimum atomic E-state index is -0.588. The van der Waals surface area contributed by atoms with Gasteiger partial charge < -0.3 is 15.0 Å². The molecule has 4 nitrogen and oxygen atoms in total. The van der Waals surface area contributed by atoms with Gasteiger partial charge in [-0.05, 0) is 25.0 Å². The second kappa shape index (κ2) is 7.52. The Labute approximate surface area is 174 Å². The molecule has 0 amide bonds. The Kier molecular flexibility index (Phi) is 4.83. The van der Waals surface area contributed by atoms with E-state index in [0.717, 1.165) is 28.6 Å². The number of H-pyrrole nitrogens is 1. The van der Waals surface area contributed by atoms with Crippen LogP contribution < -0.4 is 10.1 Å². The van der Waals surface area contributed by atoms with Gasteiger partial charge in [-0.2, -0.15) is 0 Å². The Morgan fingerprint density at radius 3 is 2.60 bits per heavy atom. The molecule has 0 aliphatic carbocycles. The molecule has 0 spiro atoms. The van der Waals surface area contributed by atoms with Gasteiger partial charge in [0.05, 0.1) is 6.04 Å². The quantitative estimate of drug-likeness (QED) is 0.617. The molecule has 2 atom stereocenters. The van der Waals surface area contributed by atoms with E-state index in [4.69, 9.17) is 4.74 Å². The van der Waals surface area contributed by atoms with Crippen molar-refractivity contribution in [2.75, 3.05) is 19.6 Å². The molecule has 2 N–H and O–H groups in total. The van der Waals surface area contributed by atoms with Crippen LogP contribution in [0.25, 0.3) is 10.9 Å². The van der Waals surface area contributed by atoms with Crippen molar-refractivity contribution >= 4 is 10.9 Å². The van der Waals surface area contributed by atoms with Crippen LogP contribution in [0, 0.1) is 11.6 Å². The van der Waals surface area contributed by atoms with E-state index in [1.54, 1.807) is 6.08 Å². The van der Waals surface area contributed by atoms with E-state index in [9.17, 15) is 0 Å². The number of benzene rings is 2. The van der Waals surface area contributed by atoms with Gasteiger partial charge >= 0.3 is 0 Å². The molecule has 0 saturated carbocycles. The lowest BCUT2D eigenvalue weighted by atomic mass is 9.88. The zero-order valence-electron chi connectivity index (χ0n) is 16.9. The Morgan fingerprint density at radius 1 is 1.20 bits per heavy atom. The summed E-state index contributed by atoms with van der Waals surface area (Å²) in [5.74, 6) is -0.943. The Hall–Kier alpha value is -2.70. The van der Waals surface area contributed by atoms with Crippen molar-refractivity contribution < 1.29 is 13.5 Å². The SMILES string of the molecule is C=CCN1[C@H](c2c(F)cc(OC3CNC3)cc2F)c2[nH]c3ccccc3c2C[C@H]1C. The fourth-order valence-corrected chi connectivity index (χ4v) is 4.68. The minimum absolute atomic E-state index is 0.0399. The van der Waals surface area contributed by atoms with Gasteiger partial charge in [0.1, 0.15) is 23.5 Å². The highest BCUT2D eigenvalue weighted by Crippen LogP contribution is 2.42. The summed E-state index contributed by atoms with van der Waals surface area (Å²) in [4.78, 5) is 5.54. The van der Waals surface area contributed by atoms with Gasteiger partial charge in [-0.1, -0.05) is 24.3 Å². The minimum Gasteiger partial charge on any atom is -0.488 e. The van der Waals surface area contributed by atoms with Crippen LogP contribution in [0.5, 0.6) is 5.75 Å². The lowest BCUT2D eigenvalue weighted by molar-refractivity contribution is 0.140. The molecule has 30 heavy (non-hydrogen) atoms. The second-order valence-electron chi connectivity index (χ2n) is 8.20. The van der Waals surface area contributed by atoms with Gasteiger partial charge in [-0.15, -0.1) is 6.58 Å². The Morgan fingerprint density at radius 2 is 1.93 bits per heavy atom. The van der Waals surface area contributed by atoms with Crippen LogP contribution in [0.2, 0.25) is 0 Å². The molecule has 0 radical (unpaired) electrons. The van der Waals surface area contributed by atoms with E-state index in [1.165, 1.54) is 12.1 Å². The van der Waals surface area contributed by atoms with Crippen LogP contribution in [0.4, 0.5) is 8.78 Å². The molecule has 3 heterocycles. The molecule has 1 aromatic heterocycles. The summed E-state index contributed by atoms with van der Waals surface area (Å²) in [6.45, 7) is 7.87. The first-order valence-electron chi connectivity index (χ1n) is 10.4. The number of aromatic amines is 1. The number of para-hydroxylation sites is 1. The number of hydrogen-bond acceptors (Lipinski definition) is 3. The first-order valence-corrected chi connectivity index (χ1v) is 10.4. The van der Waals surface area contributed by atoms with Crippen LogP contribution in [0.3, 0.4) is 0 Å². The van der Waals surface area contributed by atoms with Gasteiger partial charge in [0.15, 0.2) is 0 Å². The summed E-state index contributed by atoms with van der Waals surface area (Å²) in [6, 6.07) is 10.2. The molecule has 156 valence electrons. The molecule has 3 aromatic rings. The van der Waals surface area contributed by atoms with Crippen LogP contribution >= 0.6 is 0 Å². The summed E-state index contributed by atoms with van der Waals surface area (Å²) in [5.41, 5.74) is 3.02. The van der Waals surface area contributed by atoms with Gasteiger partial charge in [-0.3, -0.25) is 4.90 Å². The maximum atomic E-state index is 15.4. The molecule has 2 aromatic carbocycles. The Bertz CT molecular complexity index is 1080. The standard InChI is InChI=1S/C24H25F2N3O/c1-3-8-29-14(2)9-18-17-6-4-5-7-21(17)28-23(18)24(29)22-19(25)10-15(11-20(22)26)30-16-12-27-13-16/h3-7,10-11,14,16,24,27-28H,1,8-9,12-13H2,2H3/t14-,24-/m1/s1. The van der Waals surface area contributed by atoms with Crippen molar-refractivity contribution in [3.8, 4) is 5.75 Å². The first kappa shape index (κ1) is 19.3. The monoisotopic (exact) mass is 409 g/mol. The van der Waals surface area contributed by atoms with Crippen LogP contribution in [-0.2, 0) is 6.42 Å². The van der Waals surface area contributed by atoms with Gasteiger partial charge in [0, 0.05) is 60.0 Å². The van der Waals surface area contributed by atoms with Gasteiger partial charge in [0.25, 0.3) is 0 Å². The van der Waals surface area contributed by atoms with Crippen molar-refractivity contribution in [2.45, 2.75) is 31.5 Å². The number of ether oxygens (including phenoxy) is 1. The number of hydrogen-bond donors (Lipinski definition) is 2. The van der Waals surface area contributed by atoms with E-state index >= 15 is 8.78 Å². The summed E-state index contributed by atoms with van der Waals surface area (Å²) in [7, 11) is 0. The van der Waals surface area contributed by atoms with Crippen LogP contribution in [0.1, 0.15) is 29.8 Å². The fourth-order valence-electron chi connectivity index (χ4n) is 4.68. The molecule has 5 rings (SSSR count). The fraction of sp³-hybridized carbons (Fsp3) is 0.333. The van der Waals surface area contributed by atoms with E-state index in [2.05, 4.69) is 34.8 Å². The summed E-state index contributed by atoms with van der Waals surface area (Å²) < 4.78 is 36.4. The average molecular weight is 409 g/mol. The molecule has 2 aliphatic rings. The predicted octanol–water partition coefficient (Wildman–Crippen LogP) is 4.32. The Balaban J connectivity index is 1.64. The number of halogens is 2. The number of nitrogens with one attached hydrogen (secondary N) is 2. The third kappa shape index (κ3) is 3.11. The van der Waals surface area contributed by atoms with Crippen molar-refractivity contribution in [2.24, 2.45) is 0 Å². The third-order valence-electron chi connectivity index (χ3n) is 6.23. The highest BCUT2D eigenvalue weighted by atomic mass is 19.1. The molecule has 1 fully saturated rings. The second-order valence-corrected chi connectivity index (χ2v) is 8.20.